The number of rotatable bonds is 9. The van der Waals surface area contributed by atoms with Crippen molar-refractivity contribution < 1.29 is 0 Å². The van der Waals surface area contributed by atoms with Gasteiger partial charge < -0.3 is 5.73 Å². The van der Waals surface area contributed by atoms with Crippen LogP contribution in [0.25, 0.3) is 0 Å². The molecule has 0 aliphatic rings. The lowest BCUT2D eigenvalue weighted by molar-refractivity contribution is 0.342. The smallest absolute Gasteiger partial charge is 0.00672 e. The molecular weight excluding hydrogens is 218 g/mol. The first kappa shape index (κ1) is 15.2. The summed E-state index contributed by atoms with van der Waals surface area (Å²) in [5.41, 5.74) is 7.79. The Labute approximate surface area is 113 Å². The summed E-state index contributed by atoms with van der Waals surface area (Å²) in [5, 5.41) is 0. The lowest BCUT2D eigenvalue weighted by Crippen LogP contribution is -2.30. The van der Waals surface area contributed by atoms with Crippen LogP contribution in [0.2, 0.25) is 0 Å². The standard InChI is InChI=1S/C17H29N/c1-3-9-16(10-4-2)17(18)14-8-13-15-11-6-5-7-12-15/h5-7,11-12,16-17H,3-4,8-10,13-14,18H2,1-2H3. The van der Waals surface area contributed by atoms with Gasteiger partial charge in [0.05, 0.1) is 0 Å². The molecule has 0 fully saturated rings. The Morgan fingerprint density at radius 1 is 0.944 bits per heavy atom. The van der Waals surface area contributed by atoms with Crippen molar-refractivity contribution in [2.75, 3.05) is 0 Å². The molecule has 2 N–H and O–H groups in total. The highest BCUT2D eigenvalue weighted by molar-refractivity contribution is 5.14. The van der Waals surface area contributed by atoms with Crippen molar-refractivity contribution in [1.29, 1.82) is 0 Å². The molecule has 0 saturated heterocycles. The lowest BCUT2D eigenvalue weighted by Gasteiger charge is -2.23. The van der Waals surface area contributed by atoms with Crippen LogP contribution in [0.1, 0.15) is 57.9 Å². The summed E-state index contributed by atoms with van der Waals surface area (Å²) < 4.78 is 0. The van der Waals surface area contributed by atoms with Crippen molar-refractivity contribution in [2.45, 2.75) is 64.8 Å². The summed E-state index contributed by atoms with van der Waals surface area (Å²) in [5.74, 6) is 0.732. The zero-order chi connectivity index (χ0) is 13.2. The second-order valence-corrected chi connectivity index (χ2v) is 5.38. The number of hydrogen-bond acceptors (Lipinski definition) is 1. The number of benzene rings is 1. The molecule has 1 unspecified atom stereocenters. The SMILES string of the molecule is CCCC(CCC)C(N)CCCc1ccccc1. The van der Waals surface area contributed by atoms with E-state index in [1.54, 1.807) is 0 Å². The maximum Gasteiger partial charge on any atom is 0.00672 e. The molecular formula is C17H29N. The van der Waals surface area contributed by atoms with Gasteiger partial charge in [-0.25, -0.2) is 0 Å². The van der Waals surface area contributed by atoms with Crippen molar-refractivity contribution in [1.82, 2.24) is 0 Å². The lowest BCUT2D eigenvalue weighted by atomic mass is 9.88. The van der Waals surface area contributed by atoms with Gasteiger partial charge in [0.25, 0.3) is 0 Å². The van der Waals surface area contributed by atoms with Gasteiger partial charge in [0.1, 0.15) is 0 Å². The van der Waals surface area contributed by atoms with Gasteiger partial charge in [-0.3, -0.25) is 0 Å². The van der Waals surface area contributed by atoms with Gasteiger partial charge in [0, 0.05) is 6.04 Å². The molecule has 1 aromatic rings. The predicted molar refractivity (Wildman–Crippen MR) is 80.7 cm³/mol. The van der Waals surface area contributed by atoms with Gasteiger partial charge in [-0.1, -0.05) is 57.0 Å². The third kappa shape index (κ3) is 5.68. The van der Waals surface area contributed by atoms with E-state index in [9.17, 15) is 0 Å². The Morgan fingerprint density at radius 3 is 2.11 bits per heavy atom. The van der Waals surface area contributed by atoms with Crippen LogP contribution in [0, 0.1) is 5.92 Å². The summed E-state index contributed by atoms with van der Waals surface area (Å²) in [6.45, 7) is 4.53. The maximum atomic E-state index is 6.35. The normalized spacial score (nSPS) is 12.9. The second-order valence-electron chi connectivity index (χ2n) is 5.38. The van der Waals surface area contributed by atoms with E-state index in [2.05, 4.69) is 44.2 Å². The van der Waals surface area contributed by atoms with Crippen LogP contribution in [-0.2, 0) is 6.42 Å². The van der Waals surface area contributed by atoms with Gasteiger partial charge in [-0.2, -0.15) is 0 Å². The van der Waals surface area contributed by atoms with E-state index in [4.69, 9.17) is 5.73 Å². The van der Waals surface area contributed by atoms with E-state index in [0.29, 0.717) is 6.04 Å². The highest BCUT2D eigenvalue weighted by atomic mass is 14.6. The van der Waals surface area contributed by atoms with E-state index in [-0.39, 0.29) is 0 Å². The van der Waals surface area contributed by atoms with Crippen molar-refractivity contribution in [3.63, 3.8) is 0 Å². The topological polar surface area (TPSA) is 26.0 Å². The average Bonchev–Trinajstić information content (AvgIpc) is 2.39. The molecule has 0 saturated carbocycles. The van der Waals surface area contributed by atoms with Crippen molar-refractivity contribution >= 4 is 0 Å². The van der Waals surface area contributed by atoms with E-state index in [1.807, 2.05) is 0 Å². The molecule has 0 spiro atoms. The van der Waals surface area contributed by atoms with Gasteiger partial charge in [0.15, 0.2) is 0 Å². The molecule has 1 nitrogen and oxygen atoms in total. The molecule has 0 aliphatic carbocycles. The van der Waals surface area contributed by atoms with Crippen molar-refractivity contribution in [2.24, 2.45) is 11.7 Å². The molecule has 0 aliphatic heterocycles. The van der Waals surface area contributed by atoms with E-state index >= 15 is 0 Å². The molecule has 1 rings (SSSR count). The Hall–Kier alpha value is -0.820. The molecule has 1 atom stereocenters. The summed E-state index contributed by atoms with van der Waals surface area (Å²) in [6, 6.07) is 11.1. The highest BCUT2D eigenvalue weighted by Crippen LogP contribution is 2.20. The highest BCUT2D eigenvalue weighted by Gasteiger charge is 2.15. The minimum absolute atomic E-state index is 0.397. The maximum absolute atomic E-state index is 6.35. The van der Waals surface area contributed by atoms with Crippen LogP contribution in [-0.4, -0.2) is 6.04 Å². The fourth-order valence-corrected chi connectivity index (χ4v) is 2.74. The fourth-order valence-electron chi connectivity index (χ4n) is 2.74. The molecule has 1 heteroatoms. The van der Waals surface area contributed by atoms with Crippen LogP contribution in [0.3, 0.4) is 0 Å². The third-order valence-electron chi connectivity index (χ3n) is 3.77. The Morgan fingerprint density at radius 2 is 1.56 bits per heavy atom. The summed E-state index contributed by atoms with van der Waals surface area (Å²) >= 11 is 0. The molecule has 0 amide bonds. The Kier molecular flexibility index (Phi) is 7.75. The van der Waals surface area contributed by atoms with Crippen LogP contribution in [0.5, 0.6) is 0 Å². The monoisotopic (exact) mass is 247 g/mol. The zero-order valence-electron chi connectivity index (χ0n) is 12.1. The van der Waals surface area contributed by atoms with Crippen LogP contribution in [0.4, 0.5) is 0 Å². The molecule has 1 aromatic carbocycles. The molecule has 0 bridgehead atoms. The van der Waals surface area contributed by atoms with Crippen molar-refractivity contribution in [3.8, 4) is 0 Å². The number of nitrogens with two attached hydrogens (primary N) is 1. The average molecular weight is 247 g/mol. The van der Waals surface area contributed by atoms with E-state index in [1.165, 1.54) is 50.5 Å². The first-order chi connectivity index (χ1) is 8.77. The summed E-state index contributed by atoms with van der Waals surface area (Å²) in [6.07, 6.45) is 8.66. The second kappa shape index (κ2) is 9.16. The van der Waals surface area contributed by atoms with Gasteiger partial charge >= 0.3 is 0 Å². The Balaban J connectivity index is 2.28. The quantitative estimate of drug-likeness (QED) is 0.680. The molecule has 0 heterocycles. The molecule has 102 valence electrons. The van der Waals surface area contributed by atoms with Gasteiger partial charge in [-0.15, -0.1) is 0 Å². The Bertz CT molecular complexity index is 288. The predicted octanol–water partition coefficient (Wildman–Crippen LogP) is 4.55. The van der Waals surface area contributed by atoms with Crippen LogP contribution in [0.15, 0.2) is 30.3 Å². The zero-order valence-corrected chi connectivity index (χ0v) is 12.1. The van der Waals surface area contributed by atoms with Gasteiger partial charge in [0.2, 0.25) is 0 Å². The number of aryl methyl sites for hydroxylation is 1. The third-order valence-corrected chi connectivity index (χ3v) is 3.77. The molecule has 0 aromatic heterocycles. The minimum atomic E-state index is 0.397. The number of hydrogen-bond donors (Lipinski definition) is 1. The first-order valence-electron chi connectivity index (χ1n) is 7.57. The van der Waals surface area contributed by atoms with E-state index in [0.717, 1.165) is 5.92 Å². The summed E-state index contributed by atoms with van der Waals surface area (Å²) in [7, 11) is 0. The molecule has 0 radical (unpaired) electrons. The van der Waals surface area contributed by atoms with Crippen molar-refractivity contribution in [3.05, 3.63) is 35.9 Å². The fraction of sp³-hybridized carbons (Fsp3) is 0.647. The minimum Gasteiger partial charge on any atom is -0.327 e. The molecule has 18 heavy (non-hydrogen) atoms. The van der Waals surface area contributed by atoms with Gasteiger partial charge in [-0.05, 0) is 43.6 Å². The van der Waals surface area contributed by atoms with E-state index < -0.39 is 0 Å². The first-order valence-corrected chi connectivity index (χ1v) is 7.57. The largest absolute Gasteiger partial charge is 0.327 e. The van der Waals surface area contributed by atoms with Crippen LogP contribution >= 0.6 is 0 Å². The van der Waals surface area contributed by atoms with Crippen LogP contribution < -0.4 is 5.73 Å². The summed E-state index contributed by atoms with van der Waals surface area (Å²) in [4.78, 5) is 0.